The molecule has 1 unspecified atom stereocenters. The zero-order chi connectivity index (χ0) is 11.7. The summed E-state index contributed by atoms with van der Waals surface area (Å²) in [6.45, 7) is 1.69. The molecular formula is C12H16Cl2N2O. The van der Waals surface area contributed by atoms with Crippen LogP contribution in [-0.4, -0.2) is 11.9 Å². The summed E-state index contributed by atoms with van der Waals surface area (Å²) in [4.78, 5) is 11.5. The number of aryl methyl sites for hydroxylation is 1. The van der Waals surface area contributed by atoms with Gasteiger partial charge in [-0.15, -0.1) is 12.4 Å². The third-order valence-corrected chi connectivity index (χ3v) is 3.15. The molecule has 17 heavy (non-hydrogen) atoms. The lowest BCUT2D eigenvalue weighted by atomic mass is 10.1. The van der Waals surface area contributed by atoms with E-state index in [4.69, 9.17) is 17.3 Å². The van der Waals surface area contributed by atoms with Crippen LogP contribution < -0.4 is 11.1 Å². The molecule has 0 radical (unpaired) electrons. The van der Waals surface area contributed by atoms with Crippen molar-refractivity contribution in [3.8, 4) is 0 Å². The van der Waals surface area contributed by atoms with E-state index in [1.54, 1.807) is 6.92 Å². The number of hydrogen-bond acceptors (Lipinski definition) is 2. The van der Waals surface area contributed by atoms with Crippen LogP contribution in [-0.2, 0) is 11.2 Å². The first-order valence-electron chi connectivity index (χ1n) is 5.42. The largest absolute Gasteiger partial charge is 0.348 e. The van der Waals surface area contributed by atoms with Crippen LogP contribution in [0.1, 0.15) is 30.5 Å². The molecular weight excluding hydrogens is 259 g/mol. The van der Waals surface area contributed by atoms with Crippen molar-refractivity contribution in [3.63, 3.8) is 0 Å². The molecule has 0 aromatic heterocycles. The van der Waals surface area contributed by atoms with Crippen LogP contribution in [0.2, 0.25) is 5.02 Å². The highest BCUT2D eigenvalue weighted by Crippen LogP contribution is 2.32. The number of nitrogens with one attached hydrogen (secondary N) is 1. The van der Waals surface area contributed by atoms with Gasteiger partial charge in [-0.25, -0.2) is 0 Å². The van der Waals surface area contributed by atoms with Crippen LogP contribution in [0.15, 0.2) is 18.2 Å². The minimum absolute atomic E-state index is 0. The second-order valence-electron chi connectivity index (χ2n) is 4.23. The van der Waals surface area contributed by atoms with E-state index in [1.807, 2.05) is 18.2 Å². The van der Waals surface area contributed by atoms with Gasteiger partial charge < -0.3 is 11.1 Å². The summed E-state index contributed by atoms with van der Waals surface area (Å²) in [5.74, 6) is -0.104. The molecule has 1 aromatic carbocycles. The Hall–Kier alpha value is -0.770. The fourth-order valence-corrected chi connectivity index (χ4v) is 2.23. The molecule has 1 amide bonds. The van der Waals surface area contributed by atoms with Gasteiger partial charge in [0.15, 0.2) is 0 Å². The lowest BCUT2D eigenvalue weighted by Gasteiger charge is -2.15. The summed E-state index contributed by atoms with van der Waals surface area (Å²) < 4.78 is 0. The Labute approximate surface area is 112 Å². The third kappa shape index (κ3) is 3.12. The molecule has 0 spiro atoms. The van der Waals surface area contributed by atoms with Crippen LogP contribution in [0.25, 0.3) is 0 Å². The number of fused-ring (bicyclic) bond motifs is 1. The standard InChI is InChI=1S/C12H15ClN2O.ClH/c1-7(14)12(16)15-11-5-2-8-6-9(13)3-4-10(8)11;/h3-4,6-7,11H,2,5,14H2,1H3,(H,15,16);1H/t7-,11?;/m0./s1. The van der Waals surface area contributed by atoms with Gasteiger partial charge in [0.2, 0.25) is 5.91 Å². The molecule has 2 rings (SSSR count). The highest BCUT2D eigenvalue weighted by Gasteiger charge is 2.24. The molecule has 3 nitrogen and oxygen atoms in total. The van der Waals surface area contributed by atoms with E-state index in [2.05, 4.69) is 5.32 Å². The Morgan fingerprint density at radius 2 is 2.29 bits per heavy atom. The van der Waals surface area contributed by atoms with Crippen LogP contribution >= 0.6 is 24.0 Å². The molecule has 1 aromatic rings. The summed E-state index contributed by atoms with van der Waals surface area (Å²) in [7, 11) is 0. The van der Waals surface area contributed by atoms with E-state index in [1.165, 1.54) is 11.1 Å². The lowest BCUT2D eigenvalue weighted by molar-refractivity contribution is -0.122. The van der Waals surface area contributed by atoms with Crippen molar-refractivity contribution >= 4 is 29.9 Å². The van der Waals surface area contributed by atoms with Gasteiger partial charge in [-0.1, -0.05) is 17.7 Å². The summed E-state index contributed by atoms with van der Waals surface area (Å²) in [5, 5.41) is 3.70. The number of halogens is 2. The van der Waals surface area contributed by atoms with Gasteiger partial charge in [0.25, 0.3) is 0 Å². The van der Waals surface area contributed by atoms with E-state index >= 15 is 0 Å². The van der Waals surface area contributed by atoms with E-state index in [-0.39, 0.29) is 24.4 Å². The molecule has 0 saturated heterocycles. The van der Waals surface area contributed by atoms with E-state index in [0.717, 1.165) is 17.9 Å². The summed E-state index contributed by atoms with van der Waals surface area (Å²) in [6, 6.07) is 5.43. The van der Waals surface area contributed by atoms with Crippen molar-refractivity contribution in [2.45, 2.75) is 31.8 Å². The highest BCUT2D eigenvalue weighted by molar-refractivity contribution is 6.30. The van der Waals surface area contributed by atoms with Gasteiger partial charge in [-0.05, 0) is 43.0 Å². The fourth-order valence-electron chi connectivity index (χ4n) is 2.04. The second kappa shape index (κ2) is 5.71. The summed E-state index contributed by atoms with van der Waals surface area (Å²) >= 11 is 5.92. The van der Waals surface area contributed by atoms with Crippen molar-refractivity contribution in [1.29, 1.82) is 0 Å². The van der Waals surface area contributed by atoms with E-state index in [9.17, 15) is 4.79 Å². The van der Waals surface area contributed by atoms with Crippen LogP contribution in [0.4, 0.5) is 0 Å². The lowest BCUT2D eigenvalue weighted by Crippen LogP contribution is -2.39. The monoisotopic (exact) mass is 274 g/mol. The van der Waals surface area contributed by atoms with Gasteiger partial charge in [-0.2, -0.15) is 0 Å². The Morgan fingerprint density at radius 3 is 2.94 bits per heavy atom. The first-order chi connectivity index (χ1) is 7.58. The molecule has 0 aliphatic heterocycles. The number of carbonyl (C=O) groups is 1. The Kier molecular flexibility index (Phi) is 4.80. The number of amides is 1. The van der Waals surface area contributed by atoms with E-state index in [0.29, 0.717) is 0 Å². The minimum Gasteiger partial charge on any atom is -0.348 e. The van der Waals surface area contributed by atoms with Crippen molar-refractivity contribution < 1.29 is 4.79 Å². The predicted octanol–water partition coefficient (Wildman–Crippen LogP) is 2.21. The molecule has 3 N–H and O–H groups in total. The summed E-state index contributed by atoms with van der Waals surface area (Å²) in [6.07, 6.45) is 1.88. The molecule has 1 aliphatic carbocycles. The van der Waals surface area contributed by atoms with Crippen molar-refractivity contribution in [1.82, 2.24) is 5.32 Å². The zero-order valence-electron chi connectivity index (χ0n) is 9.57. The Balaban J connectivity index is 0.00000144. The molecule has 2 atom stereocenters. The van der Waals surface area contributed by atoms with Gasteiger partial charge in [-0.3, -0.25) is 4.79 Å². The van der Waals surface area contributed by atoms with Crippen molar-refractivity contribution in [2.24, 2.45) is 5.73 Å². The van der Waals surface area contributed by atoms with Gasteiger partial charge in [0, 0.05) is 5.02 Å². The smallest absolute Gasteiger partial charge is 0.237 e. The highest BCUT2D eigenvalue weighted by atomic mass is 35.5. The van der Waals surface area contributed by atoms with Gasteiger partial charge in [0.05, 0.1) is 12.1 Å². The SMILES string of the molecule is C[C@H](N)C(=O)NC1CCc2cc(Cl)ccc21.Cl. The number of carbonyl (C=O) groups excluding carboxylic acids is 1. The normalized spacial score (nSPS) is 19.1. The number of benzene rings is 1. The maximum atomic E-state index is 11.5. The minimum atomic E-state index is -0.462. The van der Waals surface area contributed by atoms with Gasteiger partial charge >= 0.3 is 0 Å². The van der Waals surface area contributed by atoms with Crippen LogP contribution in [0, 0.1) is 0 Å². The number of hydrogen-bond donors (Lipinski definition) is 2. The molecule has 0 heterocycles. The van der Waals surface area contributed by atoms with Crippen molar-refractivity contribution in [3.05, 3.63) is 34.3 Å². The third-order valence-electron chi connectivity index (χ3n) is 2.91. The molecule has 5 heteroatoms. The average molecular weight is 275 g/mol. The first-order valence-corrected chi connectivity index (χ1v) is 5.80. The second-order valence-corrected chi connectivity index (χ2v) is 4.67. The number of rotatable bonds is 2. The fraction of sp³-hybridized carbons (Fsp3) is 0.417. The van der Waals surface area contributed by atoms with Gasteiger partial charge in [0.1, 0.15) is 0 Å². The molecule has 0 saturated carbocycles. The maximum absolute atomic E-state index is 11.5. The molecule has 94 valence electrons. The van der Waals surface area contributed by atoms with E-state index < -0.39 is 6.04 Å². The maximum Gasteiger partial charge on any atom is 0.237 e. The number of nitrogens with two attached hydrogens (primary N) is 1. The summed E-state index contributed by atoms with van der Waals surface area (Å²) in [5.41, 5.74) is 7.91. The van der Waals surface area contributed by atoms with Crippen molar-refractivity contribution in [2.75, 3.05) is 0 Å². The predicted molar refractivity (Wildman–Crippen MR) is 71.6 cm³/mol. The average Bonchev–Trinajstić information content (AvgIpc) is 2.60. The zero-order valence-corrected chi connectivity index (χ0v) is 11.1. The topological polar surface area (TPSA) is 55.1 Å². The molecule has 0 bridgehead atoms. The Morgan fingerprint density at radius 1 is 1.59 bits per heavy atom. The van der Waals surface area contributed by atoms with Crippen LogP contribution in [0.5, 0.6) is 0 Å². The molecule has 1 aliphatic rings. The molecule has 0 fully saturated rings. The Bertz CT molecular complexity index is 421. The van der Waals surface area contributed by atoms with Crippen LogP contribution in [0.3, 0.4) is 0 Å². The quantitative estimate of drug-likeness (QED) is 0.869. The first kappa shape index (κ1) is 14.3.